The summed E-state index contributed by atoms with van der Waals surface area (Å²) in [6, 6.07) is 13.7. The summed E-state index contributed by atoms with van der Waals surface area (Å²) in [5, 5.41) is 18.1. The molecule has 3 N–H and O–H groups in total. The predicted molar refractivity (Wildman–Crippen MR) is 166 cm³/mol. The van der Waals surface area contributed by atoms with Crippen molar-refractivity contribution >= 4 is 17.5 Å². The molecule has 1 heterocycles. The fourth-order valence-electron chi connectivity index (χ4n) is 7.80. The van der Waals surface area contributed by atoms with Crippen LogP contribution in [-0.4, -0.2) is 67.9 Å². The molecule has 2 aromatic rings. The van der Waals surface area contributed by atoms with Crippen LogP contribution in [-0.2, 0) is 16.2 Å². The molecule has 228 valence electrons. The van der Waals surface area contributed by atoms with Crippen molar-refractivity contribution in [1.82, 2.24) is 15.7 Å². The summed E-state index contributed by atoms with van der Waals surface area (Å²) in [5.41, 5.74) is 4.79. The molecule has 3 aliphatic carbocycles. The second kappa shape index (κ2) is 12.0. The van der Waals surface area contributed by atoms with Gasteiger partial charge in [-0.15, -0.1) is 0 Å². The molecule has 0 spiro atoms. The molecule has 6 rings (SSSR count). The Hall–Kier alpha value is -2.94. The largest absolute Gasteiger partial charge is 0.394 e. The number of fused-ring (bicyclic) bond motifs is 2. The first-order chi connectivity index (χ1) is 20.0. The van der Waals surface area contributed by atoms with Gasteiger partial charge in [0.1, 0.15) is 12.1 Å². The number of rotatable bonds is 9. The van der Waals surface area contributed by atoms with Gasteiger partial charge in [0.25, 0.3) is 5.91 Å². The quantitative estimate of drug-likeness (QED) is 0.408. The van der Waals surface area contributed by atoms with Crippen LogP contribution < -0.4 is 15.5 Å². The van der Waals surface area contributed by atoms with Gasteiger partial charge < -0.3 is 20.6 Å². The normalized spacial score (nSPS) is 30.0. The van der Waals surface area contributed by atoms with Gasteiger partial charge in [-0.05, 0) is 83.4 Å². The molecule has 8 heteroatoms. The number of hydrogen-bond donors (Lipinski definition) is 3. The van der Waals surface area contributed by atoms with E-state index >= 15 is 0 Å². The monoisotopic (exact) mass is 576 g/mol. The van der Waals surface area contributed by atoms with E-state index < -0.39 is 12.1 Å². The number of hydroxylamine groups is 2. The minimum absolute atomic E-state index is 0.00110. The molecule has 3 saturated carbocycles. The Morgan fingerprint density at radius 1 is 1.12 bits per heavy atom. The third-order valence-electron chi connectivity index (χ3n) is 10.6. The molecule has 2 aromatic carbocycles. The first-order valence-electron chi connectivity index (χ1n) is 15.5. The van der Waals surface area contributed by atoms with Crippen molar-refractivity contribution in [3.8, 4) is 11.1 Å². The Labute approximate surface area is 250 Å². The number of aliphatic hydroxyl groups excluding tert-OH is 1. The zero-order valence-electron chi connectivity index (χ0n) is 26.2. The lowest BCUT2D eigenvalue weighted by Gasteiger charge is -2.62. The highest BCUT2D eigenvalue weighted by Crippen LogP contribution is 2.61. The standard InChI is InChI=1S/C34H48N4O4/c1-8-27-30(19-39)42-38(31(27)33(41)36-29-17-25-16-28(20(29)2)34(25,3)4)18-21-10-9-11-22(12-21)23-13-24(32(40)35-5)15-26(14-23)37(6)7/h9-15,20,25,27-31,39H,8,16-19H2,1-7H3,(H,35,40)(H,36,41)/t20-,25+,27-,28+,29-,30-,31-/m0/s1. The van der Waals surface area contributed by atoms with Gasteiger partial charge in [-0.3, -0.25) is 14.4 Å². The lowest BCUT2D eigenvalue weighted by atomic mass is 9.45. The van der Waals surface area contributed by atoms with Crippen LogP contribution in [0.2, 0.25) is 0 Å². The molecule has 1 aliphatic heterocycles. The summed E-state index contributed by atoms with van der Waals surface area (Å²) in [6.45, 7) is 9.37. The molecule has 0 aromatic heterocycles. The number of carbonyl (C=O) groups excluding carboxylic acids is 2. The van der Waals surface area contributed by atoms with E-state index in [4.69, 9.17) is 4.84 Å². The molecule has 8 nitrogen and oxygen atoms in total. The van der Waals surface area contributed by atoms with Gasteiger partial charge in [-0.1, -0.05) is 45.9 Å². The topological polar surface area (TPSA) is 94.1 Å². The summed E-state index contributed by atoms with van der Waals surface area (Å²) < 4.78 is 0. The van der Waals surface area contributed by atoms with Crippen molar-refractivity contribution in [3.05, 3.63) is 53.6 Å². The van der Waals surface area contributed by atoms with Gasteiger partial charge in [-0.2, -0.15) is 5.06 Å². The van der Waals surface area contributed by atoms with E-state index in [1.807, 2.05) is 49.3 Å². The van der Waals surface area contributed by atoms with Crippen LogP contribution >= 0.6 is 0 Å². The molecule has 42 heavy (non-hydrogen) atoms. The van der Waals surface area contributed by atoms with Gasteiger partial charge in [0.05, 0.1) is 13.2 Å². The van der Waals surface area contributed by atoms with Gasteiger partial charge >= 0.3 is 0 Å². The Kier molecular flexibility index (Phi) is 8.70. The molecule has 2 bridgehead atoms. The Bertz CT molecular complexity index is 1310. The highest BCUT2D eigenvalue weighted by molar-refractivity contribution is 5.96. The fourth-order valence-corrected chi connectivity index (χ4v) is 7.80. The molecular formula is C34H48N4O4. The molecule has 7 atom stereocenters. The van der Waals surface area contributed by atoms with Crippen LogP contribution in [0.4, 0.5) is 5.69 Å². The smallest absolute Gasteiger partial charge is 0.251 e. The van der Waals surface area contributed by atoms with Gasteiger partial charge in [-0.25, -0.2) is 0 Å². The van der Waals surface area contributed by atoms with Crippen molar-refractivity contribution in [2.45, 2.75) is 71.7 Å². The molecule has 0 radical (unpaired) electrons. The first-order valence-corrected chi connectivity index (χ1v) is 15.5. The van der Waals surface area contributed by atoms with Crippen LogP contribution in [0.25, 0.3) is 11.1 Å². The van der Waals surface area contributed by atoms with Crippen molar-refractivity contribution in [2.75, 3.05) is 32.6 Å². The second-order valence-corrected chi connectivity index (χ2v) is 13.4. The third-order valence-corrected chi connectivity index (χ3v) is 10.6. The lowest BCUT2D eigenvalue weighted by molar-refractivity contribution is -0.183. The van der Waals surface area contributed by atoms with Gasteiger partial charge in [0, 0.05) is 44.4 Å². The number of amides is 2. The summed E-state index contributed by atoms with van der Waals surface area (Å²) in [6.07, 6.45) is 2.60. The van der Waals surface area contributed by atoms with Crippen molar-refractivity contribution in [3.63, 3.8) is 0 Å². The maximum absolute atomic E-state index is 13.9. The highest BCUT2D eigenvalue weighted by Gasteiger charge is 2.57. The van der Waals surface area contributed by atoms with E-state index in [2.05, 4.69) is 50.5 Å². The summed E-state index contributed by atoms with van der Waals surface area (Å²) in [5.74, 6) is 1.50. The van der Waals surface area contributed by atoms with Crippen LogP contribution in [0.15, 0.2) is 42.5 Å². The van der Waals surface area contributed by atoms with Crippen LogP contribution in [0, 0.1) is 29.1 Å². The summed E-state index contributed by atoms with van der Waals surface area (Å²) >= 11 is 0. The first kappa shape index (κ1) is 30.5. The van der Waals surface area contributed by atoms with Crippen molar-refractivity contribution < 1.29 is 19.5 Å². The minimum Gasteiger partial charge on any atom is -0.394 e. The Morgan fingerprint density at radius 3 is 2.50 bits per heavy atom. The molecular weight excluding hydrogens is 528 g/mol. The molecule has 2 amide bonds. The molecule has 0 unspecified atom stereocenters. The third kappa shape index (κ3) is 5.56. The molecule has 4 fully saturated rings. The second-order valence-electron chi connectivity index (χ2n) is 13.4. The average Bonchev–Trinajstić information content (AvgIpc) is 3.34. The maximum Gasteiger partial charge on any atom is 0.251 e. The van der Waals surface area contributed by atoms with Crippen LogP contribution in [0.3, 0.4) is 0 Å². The number of nitrogens with zero attached hydrogens (tertiary/aromatic N) is 2. The van der Waals surface area contributed by atoms with Crippen LogP contribution in [0.5, 0.6) is 0 Å². The Morgan fingerprint density at radius 2 is 1.88 bits per heavy atom. The Balaban J connectivity index is 1.38. The summed E-state index contributed by atoms with van der Waals surface area (Å²) in [7, 11) is 5.55. The molecule has 4 aliphatic rings. The van der Waals surface area contributed by atoms with E-state index in [1.54, 1.807) is 12.1 Å². The van der Waals surface area contributed by atoms with E-state index in [1.165, 1.54) is 6.42 Å². The fraction of sp³-hybridized carbons (Fsp3) is 0.588. The number of benzene rings is 2. The number of hydrogen-bond acceptors (Lipinski definition) is 6. The van der Waals surface area contributed by atoms with Crippen LogP contribution in [0.1, 0.15) is 62.9 Å². The number of anilines is 1. The van der Waals surface area contributed by atoms with Crippen molar-refractivity contribution in [2.24, 2.45) is 29.1 Å². The van der Waals surface area contributed by atoms with Gasteiger partial charge in [0.2, 0.25) is 5.91 Å². The zero-order valence-corrected chi connectivity index (χ0v) is 26.2. The van der Waals surface area contributed by atoms with E-state index in [0.717, 1.165) is 35.2 Å². The number of nitrogens with one attached hydrogen (secondary N) is 2. The van der Waals surface area contributed by atoms with Gasteiger partial charge in [0.15, 0.2) is 0 Å². The SMILES string of the molecule is CC[C@H]1[C@H](CO)ON(Cc2cccc(-c3cc(C(=O)NC)cc(N(C)C)c3)c2)[C@@H]1C(=O)N[C@H]1C[C@H]2C[C@H]([C@@H]1C)C2(C)C. The lowest BCUT2D eigenvalue weighted by Crippen LogP contribution is -2.62. The minimum atomic E-state index is -0.480. The maximum atomic E-state index is 13.9. The van der Waals surface area contributed by atoms with E-state index in [9.17, 15) is 14.7 Å². The predicted octanol–water partition coefficient (Wildman–Crippen LogP) is 4.47. The summed E-state index contributed by atoms with van der Waals surface area (Å²) in [4.78, 5) is 34.7. The van der Waals surface area contributed by atoms with E-state index in [-0.39, 0.29) is 30.4 Å². The van der Waals surface area contributed by atoms with E-state index in [0.29, 0.717) is 35.3 Å². The zero-order chi connectivity index (χ0) is 30.3. The average molecular weight is 577 g/mol. The van der Waals surface area contributed by atoms with Crippen molar-refractivity contribution in [1.29, 1.82) is 0 Å². The molecule has 1 saturated heterocycles. The highest BCUT2D eigenvalue weighted by atomic mass is 16.7. The number of carbonyl (C=O) groups is 2. The number of aliphatic hydroxyl groups is 1.